The zero-order valence-corrected chi connectivity index (χ0v) is 14.9. The summed E-state index contributed by atoms with van der Waals surface area (Å²) >= 11 is 1.39. The number of nitrogens with one attached hydrogen (secondary N) is 1. The van der Waals surface area contributed by atoms with Gasteiger partial charge in [-0.15, -0.1) is 11.3 Å². The van der Waals surface area contributed by atoms with Crippen LogP contribution in [0.4, 0.5) is 0 Å². The fourth-order valence-electron chi connectivity index (χ4n) is 1.93. The van der Waals surface area contributed by atoms with Crippen LogP contribution < -0.4 is 5.32 Å². The summed E-state index contributed by atoms with van der Waals surface area (Å²) < 4.78 is 27.0. The SMILES string of the molecule is Cc1cc(S(=O)(=O)N(C)CCN(C)C)sc1CNC1CC1. The normalized spacial score (nSPS) is 16.1. The van der Waals surface area contributed by atoms with Gasteiger partial charge in [0.15, 0.2) is 0 Å². The molecule has 7 heteroatoms. The minimum atomic E-state index is -3.36. The number of hydrogen-bond donors (Lipinski definition) is 1. The van der Waals surface area contributed by atoms with E-state index >= 15 is 0 Å². The highest BCUT2D eigenvalue weighted by Gasteiger charge is 2.25. The predicted octanol–water partition coefficient (Wildman–Crippen LogP) is 1.49. The minimum absolute atomic E-state index is 0.453. The Kier molecular flexibility index (Phi) is 5.43. The number of sulfonamides is 1. The molecule has 1 saturated carbocycles. The Hall–Kier alpha value is -0.470. The molecule has 120 valence electrons. The highest BCUT2D eigenvalue weighted by atomic mass is 32.2. The van der Waals surface area contributed by atoms with Crippen LogP contribution >= 0.6 is 11.3 Å². The quantitative estimate of drug-likeness (QED) is 0.784. The van der Waals surface area contributed by atoms with Crippen molar-refractivity contribution >= 4 is 21.4 Å². The van der Waals surface area contributed by atoms with Crippen LogP contribution in [0.25, 0.3) is 0 Å². The molecule has 5 nitrogen and oxygen atoms in total. The van der Waals surface area contributed by atoms with Gasteiger partial charge in [-0.2, -0.15) is 4.31 Å². The maximum absolute atomic E-state index is 12.6. The molecule has 21 heavy (non-hydrogen) atoms. The molecule has 1 aliphatic carbocycles. The van der Waals surface area contributed by atoms with Gasteiger partial charge in [-0.05, 0) is 45.5 Å². The van der Waals surface area contributed by atoms with Crippen LogP contribution in [0.2, 0.25) is 0 Å². The summed E-state index contributed by atoms with van der Waals surface area (Å²) in [5.74, 6) is 0. The fourth-order valence-corrected chi connectivity index (χ4v) is 4.84. The van der Waals surface area contributed by atoms with E-state index in [9.17, 15) is 8.42 Å². The van der Waals surface area contributed by atoms with Crippen molar-refractivity contribution < 1.29 is 8.42 Å². The molecule has 1 heterocycles. The number of thiophene rings is 1. The lowest BCUT2D eigenvalue weighted by Crippen LogP contribution is -2.33. The van der Waals surface area contributed by atoms with E-state index in [4.69, 9.17) is 0 Å². The van der Waals surface area contributed by atoms with Crippen LogP contribution in [0.1, 0.15) is 23.3 Å². The van der Waals surface area contributed by atoms with Gasteiger partial charge in [-0.25, -0.2) is 8.42 Å². The Labute approximate surface area is 132 Å². The Bertz CT molecular complexity index is 577. The lowest BCUT2D eigenvalue weighted by molar-refractivity contribution is 0.359. The fraction of sp³-hybridized carbons (Fsp3) is 0.714. The smallest absolute Gasteiger partial charge is 0.252 e. The summed E-state index contributed by atoms with van der Waals surface area (Å²) in [4.78, 5) is 3.11. The summed E-state index contributed by atoms with van der Waals surface area (Å²) in [5.41, 5.74) is 1.06. The molecule has 0 saturated heterocycles. The van der Waals surface area contributed by atoms with Crippen LogP contribution in [0.5, 0.6) is 0 Å². The molecule has 1 aromatic rings. The van der Waals surface area contributed by atoms with Crippen molar-refractivity contribution in [2.24, 2.45) is 0 Å². The second-order valence-corrected chi connectivity index (χ2v) is 9.37. The van der Waals surface area contributed by atoms with Gasteiger partial charge in [0.25, 0.3) is 10.0 Å². The Morgan fingerprint density at radius 3 is 2.52 bits per heavy atom. The van der Waals surface area contributed by atoms with Gasteiger partial charge in [-0.3, -0.25) is 0 Å². The molecule has 0 unspecified atom stereocenters. The molecule has 0 amide bonds. The third kappa shape index (κ3) is 4.50. The van der Waals surface area contributed by atoms with Gasteiger partial charge in [0, 0.05) is 37.6 Å². The number of nitrogens with zero attached hydrogens (tertiary/aromatic N) is 2. The summed E-state index contributed by atoms with van der Waals surface area (Å²) in [6.45, 7) is 3.98. The average molecular weight is 332 g/mol. The molecule has 1 aromatic heterocycles. The van der Waals surface area contributed by atoms with Crippen LogP contribution in [0, 0.1) is 6.92 Å². The molecule has 0 spiro atoms. The molecule has 1 aliphatic rings. The molecule has 0 radical (unpaired) electrons. The first-order valence-electron chi connectivity index (χ1n) is 7.24. The second kappa shape index (κ2) is 6.75. The molecule has 0 aliphatic heterocycles. The second-order valence-electron chi connectivity index (χ2n) is 5.96. The largest absolute Gasteiger partial charge is 0.309 e. The highest BCUT2D eigenvalue weighted by Crippen LogP contribution is 2.29. The van der Waals surface area contributed by atoms with E-state index in [1.165, 1.54) is 28.5 Å². The standard InChI is InChI=1S/C14H25N3O2S2/c1-11-9-14(20-13(11)10-15-12-5-6-12)21(18,19)17(4)8-7-16(2)3/h9,12,15H,5-8,10H2,1-4H3. The van der Waals surface area contributed by atoms with Crippen molar-refractivity contribution in [1.29, 1.82) is 0 Å². The topological polar surface area (TPSA) is 52.7 Å². The molecular weight excluding hydrogens is 306 g/mol. The van der Waals surface area contributed by atoms with Crippen LogP contribution in [0.3, 0.4) is 0 Å². The van der Waals surface area contributed by atoms with Gasteiger partial charge in [-0.1, -0.05) is 0 Å². The first-order chi connectivity index (χ1) is 9.80. The number of rotatable bonds is 8. The average Bonchev–Trinajstić information content (AvgIpc) is 3.16. The molecule has 0 atom stereocenters. The van der Waals surface area contributed by atoms with Gasteiger partial charge < -0.3 is 10.2 Å². The van der Waals surface area contributed by atoms with Gasteiger partial charge in [0.2, 0.25) is 0 Å². The summed E-state index contributed by atoms with van der Waals surface area (Å²) in [6.07, 6.45) is 2.48. The Balaban J connectivity index is 2.06. The lowest BCUT2D eigenvalue weighted by Gasteiger charge is -2.18. The van der Waals surface area contributed by atoms with E-state index in [-0.39, 0.29) is 0 Å². The van der Waals surface area contributed by atoms with E-state index in [0.29, 0.717) is 16.8 Å². The van der Waals surface area contributed by atoms with Crippen LogP contribution in [0.15, 0.2) is 10.3 Å². The maximum atomic E-state index is 12.6. The number of aryl methyl sites for hydroxylation is 1. The first kappa shape index (κ1) is 16.9. The van der Waals surface area contributed by atoms with Crippen molar-refractivity contribution in [3.63, 3.8) is 0 Å². The first-order valence-corrected chi connectivity index (χ1v) is 9.50. The van der Waals surface area contributed by atoms with Crippen molar-refractivity contribution in [1.82, 2.24) is 14.5 Å². The number of hydrogen-bond acceptors (Lipinski definition) is 5. The molecule has 0 bridgehead atoms. The molecule has 1 N–H and O–H groups in total. The van der Waals surface area contributed by atoms with Gasteiger partial charge >= 0.3 is 0 Å². The number of likely N-dealkylation sites (N-methyl/N-ethyl adjacent to an activating group) is 2. The van der Waals surface area contributed by atoms with Crippen molar-refractivity contribution in [2.45, 2.75) is 36.6 Å². The zero-order valence-electron chi connectivity index (χ0n) is 13.2. The third-order valence-electron chi connectivity index (χ3n) is 3.65. The zero-order chi connectivity index (χ0) is 15.6. The third-order valence-corrected chi connectivity index (χ3v) is 7.20. The molecule has 2 rings (SSSR count). The maximum Gasteiger partial charge on any atom is 0.252 e. The van der Waals surface area contributed by atoms with Crippen LogP contribution in [-0.4, -0.2) is 57.9 Å². The van der Waals surface area contributed by atoms with E-state index in [1.807, 2.05) is 25.9 Å². The van der Waals surface area contributed by atoms with Crippen molar-refractivity contribution in [3.05, 3.63) is 16.5 Å². The van der Waals surface area contributed by atoms with E-state index in [2.05, 4.69) is 5.32 Å². The van der Waals surface area contributed by atoms with Crippen LogP contribution in [-0.2, 0) is 16.6 Å². The molecular formula is C14H25N3O2S2. The van der Waals surface area contributed by atoms with Crippen molar-refractivity contribution in [3.8, 4) is 0 Å². The highest BCUT2D eigenvalue weighted by molar-refractivity contribution is 7.91. The van der Waals surface area contributed by atoms with Gasteiger partial charge in [0.05, 0.1) is 0 Å². The Morgan fingerprint density at radius 1 is 1.29 bits per heavy atom. The Morgan fingerprint density at radius 2 is 1.95 bits per heavy atom. The van der Waals surface area contributed by atoms with Gasteiger partial charge in [0.1, 0.15) is 4.21 Å². The predicted molar refractivity (Wildman–Crippen MR) is 87.3 cm³/mol. The molecule has 0 aromatic carbocycles. The van der Waals surface area contributed by atoms with E-state index in [1.54, 1.807) is 13.1 Å². The summed E-state index contributed by atoms with van der Waals surface area (Å²) in [7, 11) is 2.17. The monoisotopic (exact) mass is 331 g/mol. The molecule has 1 fully saturated rings. The lowest BCUT2D eigenvalue weighted by atomic mass is 10.3. The van der Waals surface area contributed by atoms with Crippen molar-refractivity contribution in [2.75, 3.05) is 34.2 Å². The van der Waals surface area contributed by atoms with E-state index < -0.39 is 10.0 Å². The summed E-state index contributed by atoms with van der Waals surface area (Å²) in [5, 5.41) is 3.44. The van der Waals surface area contributed by atoms with E-state index in [0.717, 1.165) is 23.5 Å². The minimum Gasteiger partial charge on any atom is -0.309 e. The summed E-state index contributed by atoms with van der Waals surface area (Å²) in [6, 6.07) is 2.44.